The molecule has 1 heterocycles. The molecule has 21 heavy (non-hydrogen) atoms. The second kappa shape index (κ2) is 5.26. The van der Waals surface area contributed by atoms with Crippen LogP contribution in [-0.2, 0) is 17.6 Å². The van der Waals surface area contributed by atoms with Crippen molar-refractivity contribution < 1.29 is 9.84 Å². The van der Waals surface area contributed by atoms with Gasteiger partial charge in [-0.3, -0.25) is 4.90 Å². The predicted octanol–water partition coefficient (Wildman–Crippen LogP) is 2.73. The van der Waals surface area contributed by atoms with Gasteiger partial charge in [0.25, 0.3) is 0 Å². The fourth-order valence-electron chi connectivity index (χ4n) is 3.77. The van der Waals surface area contributed by atoms with Crippen LogP contribution in [0, 0.1) is 0 Å². The first-order valence-corrected chi connectivity index (χ1v) is 7.51. The number of nitrogens with zero attached hydrogens (tertiary/aromatic N) is 1. The number of hydrogen-bond donors (Lipinski definition) is 1. The Morgan fingerprint density at radius 3 is 2.76 bits per heavy atom. The zero-order valence-corrected chi connectivity index (χ0v) is 12.0. The maximum absolute atomic E-state index is 8.93. The van der Waals surface area contributed by atoms with Gasteiger partial charge in [0.1, 0.15) is 13.5 Å². The van der Waals surface area contributed by atoms with Crippen molar-refractivity contribution in [3.8, 4) is 11.1 Å². The molecule has 3 heteroatoms. The van der Waals surface area contributed by atoms with E-state index in [-0.39, 0.29) is 6.79 Å². The lowest BCUT2D eigenvalue weighted by molar-refractivity contribution is -0.0688. The third-order valence-corrected chi connectivity index (χ3v) is 4.71. The van der Waals surface area contributed by atoms with Crippen molar-refractivity contribution in [3.63, 3.8) is 0 Å². The van der Waals surface area contributed by atoms with E-state index in [1.54, 1.807) is 0 Å². The van der Waals surface area contributed by atoms with Crippen molar-refractivity contribution >= 4 is 0 Å². The molecular weight excluding hydrogens is 262 g/mol. The Balaban J connectivity index is 1.82. The summed E-state index contributed by atoms with van der Waals surface area (Å²) in [5.41, 5.74) is 7.07. The summed E-state index contributed by atoms with van der Waals surface area (Å²) in [6.45, 7) is 1.27. The van der Waals surface area contributed by atoms with Crippen LogP contribution < -0.4 is 0 Å². The minimum Gasteiger partial charge on any atom is -0.371 e. The number of aliphatic hydroxyl groups is 1. The van der Waals surface area contributed by atoms with Crippen LogP contribution in [0.2, 0.25) is 0 Å². The second-order valence-corrected chi connectivity index (χ2v) is 5.78. The molecule has 2 aromatic carbocycles. The highest BCUT2D eigenvalue weighted by atomic mass is 16.6. The summed E-state index contributed by atoms with van der Waals surface area (Å²) < 4.78 is 5.25. The van der Waals surface area contributed by atoms with Crippen molar-refractivity contribution in [3.05, 3.63) is 59.2 Å². The molecule has 108 valence electrons. The van der Waals surface area contributed by atoms with Gasteiger partial charge in [-0.05, 0) is 40.7 Å². The molecule has 2 aromatic rings. The quantitative estimate of drug-likeness (QED) is 0.878. The number of aliphatic hydroxyl groups excluding tert-OH is 1. The van der Waals surface area contributed by atoms with Gasteiger partial charge in [0, 0.05) is 12.6 Å². The summed E-state index contributed by atoms with van der Waals surface area (Å²) in [4.78, 5) is 2.35. The lowest BCUT2D eigenvalue weighted by Gasteiger charge is -2.41. The number of rotatable bonds is 3. The number of fused-ring (bicyclic) bond motifs is 2. The van der Waals surface area contributed by atoms with E-state index in [9.17, 15) is 0 Å². The Morgan fingerprint density at radius 1 is 1.05 bits per heavy atom. The van der Waals surface area contributed by atoms with E-state index in [1.165, 1.54) is 27.8 Å². The van der Waals surface area contributed by atoms with Gasteiger partial charge in [0.15, 0.2) is 0 Å². The highest BCUT2D eigenvalue weighted by Gasteiger charge is 2.33. The van der Waals surface area contributed by atoms with Crippen LogP contribution in [0.15, 0.2) is 42.5 Å². The molecule has 2 aliphatic rings. The maximum atomic E-state index is 8.93. The summed E-state index contributed by atoms with van der Waals surface area (Å²) in [7, 11) is 0. The highest BCUT2D eigenvalue weighted by Crippen LogP contribution is 2.44. The fourth-order valence-corrected chi connectivity index (χ4v) is 3.77. The molecule has 0 fully saturated rings. The van der Waals surface area contributed by atoms with Crippen LogP contribution in [0.3, 0.4) is 0 Å². The van der Waals surface area contributed by atoms with Crippen molar-refractivity contribution in [2.45, 2.75) is 18.9 Å². The topological polar surface area (TPSA) is 32.7 Å². The van der Waals surface area contributed by atoms with Crippen LogP contribution in [0.25, 0.3) is 11.1 Å². The molecule has 1 aliphatic carbocycles. The Hall–Kier alpha value is -1.68. The van der Waals surface area contributed by atoms with Crippen LogP contribution in [-0.4, -0.2) is 30.1 Å². The molecule has 0 radical (unpaired) electrons. The van der Waals surface area contributed by atoms with Gasteiger partial charge in [0.2, 0.25) is 0 Å². The first-order chi connectivity index (χ1) is 10.4. The van der Waals surface area contributed by atoms with Crippen molar-refractivity contribution in [2.75, 3.05) is 20.1 Å². The largest absolute Gasteiger partial charge is 0.371 e. The first-order valence-electron chi connectivity index (χ1n) is 7.51. The molecule has 1 atom stereocenters. The van der Waals surface area contributed by atoms with Crippen LogP contribution in [0.4, 0.5) is 0 Å². The third-order valence-electron chi connectivity index (χ3n) is 4.71. The summed E-state index contributed by atoms with van der Waals surface area (Å²) in [6, 6.07) is 15.7. The zero-order chi connectivity index (χ0) is 14.2. The molecule has 1 N–H and O–H groups in total. The molecule has 0 saturated heterocycles. The lowest BCUT2D eigenvalue weighted by Crippen LogP contribution is -2.39. The molecule has 0 aromatic heterocycles. The van der Waals surface area contributed by atoms with E-state index >= 15 is 0 Å². The number of benzene rings is 2. The molecule has 0 saturated carbocycles. The molecule has 3 nitrogen and oxygen atoms in total. The third kappa shape index (κ3) is 2.09. The minimum atomic E-state index is -0.214. The highest BCUT2D eigenvalue weighted by molar-refractivity contribution is 5.75. The average molecular weight is 281 g/mol. The standard InChI is InChI=1S/C18H19NO2/c20-12-21-11-19-9-8-13-5-3-7-16-15-6-2-1-4-14(15)10-17(19)18(13)16/h1-7,17,20H,8-12H2. The van der Waals surface area contributed by atoms with Gasteiger partial charge in [-0.25, -0.2) is 0 Å². The van der Waals surface area contributed by atoms with Gasteiger partial charge in [-0.2, -0.15) is 0 Å². The molecule has 0 amide bonds. The second-order valence-electron chi connectivity index (χ2n) is 5.78. The van der Waals surface area contributed by atoms with E-state index in [4.69, 9.17) is 9.84 Å². The Kier molecular flexibility index (Phi) is 3.26. The predicted molar refractivity (Wildman–Crippen MR) is 81.8 cm³/mol. The van der Waals surface area contributed by atoms with Crippen molar-refractivity contribution in [1.82, 2.24) is 4.90 Å². The summed E-state index contributed by atoms with van der Waals surface area (Å²) >= 11 is 0. The monoisotopic (exact) mass is 281 g/mol. The Morgan fingerprint density at radius 2 is 1.86 bits per heavy atom. The van der Waals surface area contributed by atoms with E-state index in [0.29, 0.717) is 12.8 Å². The molecule has 0 bridgehead atoms. The lowest BCUT2D eigenvalue weighted by atomic mass is 9.77. The summed E-state index contributed by atoms with van der Waals surface area (Å²) in [5, 5.41) is 8.93. The van der Waals surface area contributed by atoms with Gasteiger partial charge in [-0.15, -0.1) is 0 Å². The number of hydrogen-bond acceptors (Lipinski definition) is 3. The van der Waals surface area contributed by atoms with Crippen molar-refractivity contribution in [1.29, 1.82) is 0 Å². The fraction of sp³-hybridized carbons (Fsp3) is 0.333. The molecular formula is C18H19NO2. The van der Waals surface area contributed by atoms with E-state index < -0.39 is 0 Å². The SMILES string of the molecule is OCOCN1CCc2cccc3c2C1Cc1ccccc1-3. The molecule has 4 rings (SSSR count). The van der Waals surface area contributed by atoms with E-state index in [0.717, 1.165) is 19.4 Å². The Labute approximate surface area is 124 Å². The van der Waals surface area contributed by atoms with Crippen LogP contribution in [0.1, 0.15) is 22.7 Å². The number of ether oxygens (including phenoxy) is 1. The average Bonchev–Trinajstić information content (AvgIpc) is 2.54. The van der Waals surface area contributed by atoms with E-state index in [1.807, 2.05) is 0 Å². The molecule has 1 unspecified atom stereocenters. The molecule has 1 aliphatic heterocycles. The van der Waals surface area contributed by atoms with Gasteiger partial charge < -0.3 is 9.84 Å². The van der Waals surface area contributed by atoms with Gasteiger partial charge in [0.05, 0.1) is 0 Å². The normalized spacial score (nSPS) is 20.0. The Bertz CT molecular complexity index is 668. The maximum Gasteiger partial charge on any atom is 0.145 e. The zero-order valence-electron chi connectivity index (χ0n) is 12.0. The summed E-state index contributed by atoms with van der Waals surface area (Å²) in [6.07, 6.45) is 2.08. The van der Waals surface area contributed by atoms with Crippen LogP contribution in [0.5, 0.6) is 0 Å². The van der Waals surface area contributed by atoms with E-state index in [2.05, 4.69) is 47.4 Å². The first kappa shape index (κ1) is 13.0. The molecule has 0 spiro atoms. The minimum absolute atomic E-state index is 0.214. The smallest absolute Gasteiger partial charge is 0.145 e. The van der Waals surface area contributed by atoms with Gasteiger partial charge >= 0.3 is 0 Å². The van der Waals surface area contributed by atoms with Gasteiger partial charge in [-0.1, -0.05) is 42.5 Å². The van der Waals surface area contributed by atoms with Crippen LogP contribution >= 0.6 is 0 Å². The van der Waals surface area contributed by atoms with Crippen molar-refractivity contribution in [2.24, 2.45) is 0 Å². The summed E-state index contributed by atoms with van der Waals surface area (Å²) in [5.74, 6) is 0.